The molecule has 2 unspecified atom stereocenters. The molecule has 8 nitrogen and oxygen atoms in total. The van der Waals surface area contributed by atoms with E-state index in [1.54, 1.807) is 30.3 Å². The summed E-state index contributed by atoms with van der Waals surface area (Å²) in [7, 11) is 0. The van der Waals surface area contributed by atoms with Crippen LogP contribution < -0.4 is 10.9 Å². The number of rotatable bonds is 8. The van der Waals surface area contributed by atoms with Crippen molar-refractivity contribution in [3.05, 3.63) is 111 Å². The Bertz CT molecular complexity index is 1700. The highest BCUT2D eigenvalue weighted by molar-refractivity contribution is 5.96. The summed E-state index contributed by atoms with van der Waals surface area (Å²) in [5.74, 6) is -1.73. The van der Waals surface area contributed by atoms with Gasteiger partial charge >= 0.3 is 12.1 Å². The third-order valence-electron chi connectivity index (χ3n) is 7.47. The second-order valence-corrected chi connectivity index (χ2v) is 10.8. The number of nitrogens with one attached hydrogen (secondary N) is 2. The molecule has 1 aliphatic rings. The van der Waals surface area contributed by atoms with Crippen LogP contribution in [0.3, 0.4) is 0 Å². The van der Waals surface area contributed by atoms with E-state index < -0.39 is 29.7 Å². The maximum atomic E-state index is 13.2. The number of para-hydroxylation sites is 1. The van der Waals surface area contributed by atoms with Crippen LogP contribution >= 0.6 is 0 Å². The zero-order valence-corrected chi connectivity index (χ0v) is 22.9. The number of alkyl halides is 3. The Morgan fingerprint density at radius 3 is 2.50 bits per heavy atom. The van der Waals surface area contributed by atoms with E-state index in [1.807, 2.05) is 13.8 Å². The Morgan fingerprint density at radius 2 is 1.83 bits per heavy atom. The predicted molar refractivity (Wildman–Crippen MR) is 150 cm³/mol. The van der Waals surface area contributed by atoms with Gasteiger partial charge in [0.1, 0.15) is 6.04 Å². The molecule has 5 rings (SSSR count). The Balaban J connectivity index is 1.34. The van der Waals surface area contributed by atoms with Crippen molar-refractivity contribution in [2.24, 2.45) is 5.92 Å². The average molecular weight is 579 g/mol. The first-order chi connectivity index (χ1) is 19.9. The number of carbonyl (C=O) groups is 2. The summed E-state index contributed by atoms with van der Waals surface area (Å²) in [5.41, 5.74) is 2.46. The van der Waals surface area contributed by atoms with Gasteiger partial charge in [0.2, 0.25) is 5.56 Å². The molecule has 218 valence electrons. The largest absolute Gasteiger partial charge is 0.480 e. The number of halogens is 3. The highest BCUT2D eigenvalue weighted by Crippen LogP contribution is 2.39. The molecule has 2 atom stereocenters. The molecule has 2 aromatic carbocycles. The molecule has 3 heterocycles. The number of aromatic nitrogens is 2. The third kappa shape index (κ3) is 6.06. The van der Waals surface area contributed by atoms with E-state index in [9.17, 15) is 32.7 Å². The van der Waals surface area contributed by atoms with Crippen molar-refractivity contribution < 1.29 is 27.9 Å². The predicted octanol–water partition coefficient (Wildman–Crippen LogP) is 5.08. The van der Waals surface area contributed by atoms with Crippen LogP contribution in [0.15, 0.2) is 71.7 Å². The molecule has 0 spiro atoms. The number of pyridine rings is 2. The molecule has 0 saturated heterocycles. The number of carbonyl (C=O) groups excluding carboxylic acids is 1. The van der Waals surface area contributed by atoms with Crippen molar-refractivity contribution in [1.82, 2.24) is 20.2 Å². The number of aromatic amines is 1. The van der Waals surface area contributed by atoms with Gasteiger partial charge < -0.3 is 15.4 Å². The molecule has 4 aromatic rings. The summed E-state index contributed by atoms with van der Waals surface area (Å²) in [5, 5.41) is 13.1. The first-order valence-corrected chi connectivity index (χ1v) is 13.4. The number of H-pyrrole nitrogens is 1. The fourth-order valence-corrected chi connectivity index (χ4v) is 5.56. The molecule has 0 radical (unpaired) electrons. The topological polar surface area (TPSA) is 115 Å². The van der Waals surface area contributed by atoms with E-state index in [1.165, 1.54) is 24.4 Å². The minimum absolute atomic E-state index is 0.0970. The molecule has 1 amide bonds. The molecule has 0 aliphatic carbocycles. The number of carboxylic acids is 1. The van der Waals surface area contributed by atoms with Gasteiger partial charge in [-0.05, 0) is 46.9 Å². The van der Waals surface area contributed by atoms with Crippen LogP contribution in [0.1, 0.15) is 58.2 Å². The summed E-state index contributed by atoms with van der Waals surface area (Å²) in [6.45, 7) is 4.87. The highest BCUT2D eigenvalue weighted by Gasteiger charge is 2.35. The molecular weight excluding hydrogens is 549 g/mol. The quantitative estimate of drug-likeness (QED) is 0.269. The van der Waals surface area contributed by atoms with Crippen LogP contribution in [0, 0.1) is 5.92 Å². The lowest BCUT2D eigenvalue weighted by atomic mass is 9.99. The number of carboxylic acid groups (broad SMARTS) is 1. The summed E-state index contributed by atoms with van der Waals surface area (Å²) in [6, 6.07) is 13.7. The number of hydrogen-bond acceptors (Lipinski definition) is 5. The van der Waals surface area contributed by atoms with E-state index in [0.29, 0.717) is 29.6 Å². The number of nitrogens with zero attached hydrogens (tertiary/aromatic N) is 2. The van der Waals surface area contributed by atoms with Crippen molar-refractivity contribution >= 4 is 22.8 Å². The number of hydrogen-bond donors (Lipinski definition) is 3. The van der Waals surface area contributed by atoms with E-state index in [0.717, 1.165) is 29.0 Å². The smallest absolute Gasteiger partial charge is 0.416 e. The molecular formula is C31H29F3N4O4. The first kappa shape index (κ1) is 29.0. The van der Waals surface area contributed by atoms with Gasteiger partial charge in [0, 0.05) is 42.7 Å². The maximum absolute atomic E-state index is 13.2. The molecule has 42 heavy (non-hydrogen) atoms. The number of benzene rings is 2. The fraction of sp³-hybridized carbons (Fsp3) is 0.290. The zero-order valence-electron chi connectivity index (χ0n) is 22.9. The van der Waals surface area contributed by atoms with Crippen molar-refractivity contribution in [3.8, 4) is 0 Å². The Labute approximate surface area is 239 Å². The molecule has 1 aliphatic heterocycles. The van der Waals surface area contributed by atoms with Gasteiger partial charge in [-0.2, -0.15) is 13.2 Å². The molecule has 0 saturated carbocycles. The van der Waals surface area contributed by atoms with Crippen LogP contribution in [-0.4, -0.2) is 37.9 Å². The SMILES string of the molecule is CC(C)C1c2ncc(C(=O)NC(Cc3cc(=O)[nH]c4ccccc34)C(=O)O)cc2CN1Cc1ccc(C(F)(F)F)cc1. The normalized spacial score (nSPS) is 16.0. The van der Waals surface area contributed by atoms with Crippen LogP contribution in [0.5, 0.6) is 0 Å². The van der Waals surface area contributed by atoms with E-state index in [-0.39, 0.29) is 29.5 Å². The van der Waals surface area contributed by atoms with Gasteiger partial charge in [-0.15, -0.1) is 0 Å². The van der Waals surface area contributed by atoms with Gasteiger partial charge in [0.15, 0.2) is 0 Å². The molecule has 0 bridgehead atoms. The lowest BCUT2D eigenvalue weighted by Crippen LogP contribution is -2.42. The van der Waals surface area contributed by atoms with Crippen LogP contribution in [-0.2, 0) is 30.5 Å². The van der Waals surface area contributed by atoms with Crippen molar-refractivity contribution in [2.45, 2.75) is 51.6 Å². The van der Waals surface area contributed by atoms with Crippen molar-refractivity contribution in [3.63, 3.8) is 0 Å². The first-order valence-electron chi connectivity index (χ1n) is 13.4. The van der Waals surface area contributed by atoms with Crippen molar-refractivity contribution in [2.75, 3.05) is 0 Å². The molecule has 0 fully saturated rings. The molecule has 11 heteroatoms. The monoisotopic (exact) mass is 578 g/mol. The number of amides is 1. The third-order valence-corrected chi connectivity index (χ3v) is 7.47. The minimum Gasteiger partial charge on any atom is -0.480 e. The van der Waals surface area contributed by atoms with E-state index in [4.69, 9.17) is 0 Å². The fourth-order valence-electron chi connectivity index (χ4n) is 5.56. The van der Waals surface area contributed by atoms with E-state index in [2.05, 4.69) is 20.2 Å². The van der Waals surface area contributed by atoms with E-state index >= 15 is 0 Å². The lowest BCUT2D eigenvalue weighted by Gasteiger charge is -2.27. The van der Waals surface area contributed by atoms with Gasteiger partial charge in [0.25, 0.3) is 5.91 Å². The Kier molecular flexibility index (Phi) is 7.87. The second-order valence-electron chi connectivity index (χ2n) is 10.8. The van der Waals surface area contributed by atoms with Gasteiger partial charge in [-0.3, -0.25) is 19.5 Å². The lowest BCUT2D eigenvalue weighted by molar-refractivity contribution is -0.139. The minimum atomic E-state index is -4.41. The summed E-state index contributed by atoms with van der Waals surface area (Å²) < 4.78 is 39.0. The second kappa shape index (κ2) is 11.4. The Hall–Kier alpha value is -4.51. The summed E-state index contributed by atoms with van der Waals surface area (Å²) >= 11 is 0. The van der Waals surface area contributed by atoms with Gasteiger partial charge in [0.05, 0.1) is 22.9 Å². The maximum Gasteiger partial charge on any atom is 0.416 e. The Morgan fingerprint density at radius 1 is 1.12 bits per heavy atom. The van der Waals surface area contributed by atoms with Crippen molar-refractivity contribution in [1.29, 1.82) is 0 Å². The number of fused-ring (bicyclic) bond motifs is 2. The summed E-state index contributed by atoms with van der Waals surface area (Å²) in [6.07, 6.45) is -3.09. The highest BCUT2D eigenvalue weighted by atomic mass is 19.4. The van der Waals surface area contributed by atoms with Gasteiger partial charge in [-0.1, -0.05) is 44.2 Å². The molecule has 3 N–H and O–H groups in total. The summed E-state index contributed by atoms with van der Waals surface area (Å²) in [4.78, 5) is 46.8. The average Bonchev–Trinajstić information content (AvgIpc) is 3.29. The number of aliphatic carboxylic acids is 1. The van der Waals surface area contributed by atoms with Crippen LogP contribution in [0.4, 0.5) is 13.2 Å². The van der Waals surface area contributed by atoms with Crippen LogP contribution in [0.2, 0.25) is 0 Å². The standard InChI is InChI=1S/C31H29F3N4O4/c1-17(2)28-27-21(16-38(28)15-18-7-9-22(10-8-18)31(32,33)34)11-20(14-35-27)29(40)37-25(30(41)42)12-19-13-26(39)36-24-6-4-3-5-23(19)24/h3-11,13-14,17,25,28H,12,15-16H2,1-2H3,(H,36,39)(H,37,40)(H,41,42). The molecule has 2 aromatic heterocycles. The van der Waals surface area contributed by atoms with Gasteiger partial charge in [-0.25, -0.2) is 4.79 Å². The zero-order chi connectivity index (χ0) is 30.2. The van der Waals surface area contributed by atoms with Crippen LogP contribution in [0.25, 0.3) is 10.9 Å².